The maximum atomic E-state index is 12.3. The fourth-order valence-corrected chi connectivity index (χ4v) is 2.59. The van der Waals surface area contributed by atoms with Crippen molar-refractivity contribution in [3.63, 3.8) is 0 Å². The monoisotopic (exact) mass is 362 g/mol. The lowest BCUT2D eigenvalue weighted by Crippen LogP contribution is -2.16. The van der Waals surface area contributed by atoms with Crippen LogP contribution in [-0.4, -0.2) is 32.5 Å². The van der Waals surface area contributed by atoms with E-state index in [4.69, 9.17) is 4.74 Å². The van der Waals surface area contributed by atoms with Gasteiger partial charge in [-0.1, -0.05) is 35.9 Å². The van der Waals surface area contributed by atoms with E-state index in [-0.39, 0.29) is 11.4 Å². The quantitative estimate of drug-likeness (QED) is 0.339. The number of rotatable bonds is 6. The van der Waals surface area contributed by atoms with Crippen LogP contribution >= 0.6 is 0 Å². The minimum Gasteiger partial charge on any atom is -0.453 e. The van der Waals surface area contributed by atoms with E-state index in [0.717, 1.165) is 16.8 Å². The third kappa shape index (κ3) is 5.29. The lowest BCUT2D eigenvalue weighted by atomic mass is 10.0. The second kappa shape index (κ2) is 8.81. The highest BCUT2D eigenvalue weighted by molar-refractivity contribution is 6.02. The fourth-order valence-electron chi connectivity index (χ4n) is 2.59. The van der Waals surface area contributed by atoms with E-state index in [1.165, 1.54) is 6.08 Å². The van der Waals surface area contributed by atoms with Crippen LogP contribution in [0.3, 0.4) is 0 Å². The summed E-state index contributed by atoms with van der Waals surface area (Å²) in [7, 11) is 3.85. The van der Waals surface area contributed by atoms with Gasteiger partial charge in [0, 0.05) is 25.3 Å². The highest BCUT2D eigenvalue weighted by Crippen LogP contribution is 2.15. The summed E-state index contributed by atoms with van der Waals surface area (Å²) in [6, 6.07) is 14.7. The minimum atomic E-state index is -0.813. The maximum absolute atomic E-state index is 12.3. The molecular formula is C22H22N2O3. The van der Waals surface area contributed by atoms with Gasteiger partial charge in [0.2, 0.25) is 5.78 Å². The summed E-state index contributed by atoms with van der Waals surface area (Å²) >= 11 is 0. The standard InChI is InChI=1S/C22H22N2O3/c1-15-5-10-20(16(2)11-15)21(25)14-27-22(26)18(13-23)12-17-6-8-19(9-7-17)24(3)4/h5-12H,14H2,1-4H3/b18-12+. The summed E-state index contributed by atoms with van der Waals surface area (Å²) in [6.45, 7) is 3.37. The average Bonchev–Trinajstić information content (AvgIpc) is 2.64. The molecule has 0 N–H and O–H groups in total. The van der Waals surface area contributed by atoms with E-state index in [2.05, 4.69) is 0 Å². The topological polar surface area (TPSA) is 70.4 Å². The van der Waals surface area contributed by atoms with Gasteiger partial charge < -0.3 is 9.64 Å². The number of carbonyl (C=O) groups is 2. The molecule has 0 aromatic heterocycles. The van der Waals surface area contributed by atoms with Gasteiger partial charge in [-0.25, -0.2) is 4.79 Å². The molecule has 0 unspecified atom stereocenters. The number of Topliss-reactive ketones (excluding diaryl/α,β-unsaturated/α-hetero) is 1. The van der Waals surface area contributed by atoms with Gasteiger partial charge in [-0.2, -0.15) is 5.26 Å². The van der Waals surface area contributed by atoms with Crippen LogP contribution in [0.15, 0.2) is 48.0 Å². The van der Waals surface area contributed by atoms with Crippen LogP contribution in [0.2, 0.25) is 0 Å². The molecule has 0 bridgehead atoms. The predicted octanol–water partition coefficient (Wildman–Crippen LogP) is 3.70. The third-order valence-corrected chi connectivity index (χ3v) is 4.08. The van der Waals surface area contributed by atoms with E-state index < -0.39 is 12.6 Å². The zero-order valence-electron chi connectivity index (χ0n) is 15.9. The molecule has 0 atom stereocenters. The summed E-state index contributed by atoms with van der Waals surface area (Å²) in [4.78, 5) is 26.4. The number of nitrogens with zero attached hydrogens (tertiary/aromatic N) is 2. The van der Waals surface area contributed by atoms with Crippen molar-refractivity contribution in [3.05, 3.63) is 70.3 Å². The second-order valence-electron chi connectivity index (χ2n) is 6.47. The molecule has 5 heteroatoms. The smallest absolute Gasteiger partial charge is 0.349 e. The number of ketones is 1. The summed E-state index contributed by atoms with van der Waals surface area (Å²) in [6.07, 6.45) is 1.45. The lowest BCUT2D eigenvalue weighted by molar-refractivity contribution is -0.137. The third-order valence-electron chi connectivity index (χ3n) is 4.08. The Hall–Kier alpha value is -3.39. The number of anilines is 1. The van der Waals surface area contributed by atoms with Gasteiger partial charge >= 0.3 is 5.97 Å². The van der Waals surface area contributed by atoms with E-state index >= 15 is 0 Å². The van der Waals surface area contributed by atoms with Crippen LogP contribution in [0.1, 0.15) is 27.0 Å². The molecule has 0 saturated heterocycles. The molecule has 2 aromatic rings. The highest BCUT2D eigenvalue weighted by Gasteiger charge is 2.15. The first-order valence-corrected chi connectivity index (χ1v) is 8.48. The molecule has 0 heterocycles. The Morgan fingerprint density at radius 2 is 1.78 bits per heavy atom. The number of aryl methyl sites for hydroxylation is 2. The number of carbonyl (C=O) groups excluding carboxylic acids is 2. The fraction of sp³-hybridized carbons (Fsp3) is 0.227. The molecule has 0 spiro atoms. The van der Waals surface area contributed by atoms with Gasteiger partial charge in [-0.3, -0.25) is 4.79 Å². The van der Waals surface area contributed by atoms with Crippen molar-refractivity contribution in [2.75, 3.05) is 25.6 Å². The molecule has 2 aromatic carbocycles. The van der Waals surface area contributed by atoms with Crippen molar-refractivity contribution in [1.82, 2.24) is 0 Å². The zero-order valence-corrected chi connectivity index (χ0v) is 15.9. The van der Waals surface area contributed by atoms with Gasteiger partial charge in [-0.05, 0) is 43.2 Å². The van der Waals surface area contributed by atoms with Gasteiger partial charge in [0.25, 0.3) is 0 Å². The van der Waals surface area contributed by atoms with Crippen molar-refractivity contribution >= 4 is 23.5 Å². The largest absolute Gasteiger partial charge is 0.453 e. The lowest BCUT2D eigenvalue weighted by Gasteiger charge is -2.11. The molecule has 0 aliphatic rings. The van der Waals surface area contributed by atoms with Gasteiger partial charge in [-0.15, -0.1) is 0 Å². The summed E-state index contributed by atoms with van der Waals surface area (Å²) in [5, 5.41) is 9.25. The Bertz CT molecular complexity index is 920. The van der Waals surface area contributed by atoms with Crippen molar-refractivity contribution in [2.45, 2.75) is 13.8 Å². The van der Waals surface area contributed by atoms with E-state index in [1.807, 2.05) is 63.2 Å². The minimum absolute atomic E-state index is 0.152. The van der Waals surface area contributed by atoms with Gasteiger partial charge in [0.1, 0.15) is 11.6 Å². The molecule has 2 rings (SSSR count). The Labute approximate surface area is 159 Å². The first kappa shape index (κ1) is 19.9. The van der Waals surface area contributed by atoms with E-state index in [0.29, 0.717) is 11.1 Å². The summed E-state index contributed by atoms with van der Waals surface area (Å²) in [5.41, 5.74) is 3.95. The number of nitriles is 1. The van der Waals surface area contributed by atoms with Crippen molar-refractivity contribution in [1.29, 1.82) is 5.26 Å². The molecule has 0 radical (unpaired) electrons. The number of ether oxygens (including phenoxy) is 1. The van der Waals surface area contributed by atoms with Crippen LogP contribution in [-0.2, 0) is 9.53 Å². The predicted molar refractivity (Wildman–Crippen MR) is 106 cm³/mol. The molecule has 5 nitrogen and oxygen atoms in total. The Kier molecular flexibility index (Phi) is 6.51. The number of hydrogen-bond acceptors (Lipinski definition) is 5. The molecular weight excluding hydrogens is 340 g/mol. The van der Waals surface area contributed by atoms with E-state index in [9.17, 15) is 14.9 Å². The van der Waals surface area contributed by atoms with Gasteiger partial charge in [0.15, 0.2) is 6.61 Å². The Morgan fingerprint density at radius 3 is 2.33 bits per heavy atom. The second-order valence-corrected chi connectivity index (χ2v) is 6.47. The van der Waals surface area contributed by atoms with Gasteiger partial charge in [0.05, 0.1) is 0 Å². The van der Waals surface area contributed by atoms with Crippen LogP contribution in [0, 0.1) is 25.2 Å². The van der Waals surface area contributed by atoms with Crippen LogP contribution in [0.25, 0.3) is 6.08 Å². The SMILES string of the molecule is Cc1ccc(C(=O)COC(=O)/C(C#N)=C/c2ccc(N(C)C)cc2)c(C)c1. The molecule has 27 heavy (non-hydrogen) atoms. The number of hydrogen-bond donors (Lipinski definition) is 0. The summed E-state index contributed by atoms with van der Waals surface area (Å²) in [5.74, 6) is -1.11. The summed E-state index contributed by atoms with van der Waals surface area (Å²) < 4.78 is 5.04. The Morgan fingerprint density at radius 1 is 1.11 bits per heavy atom. The molecule has 138 valence electrons. The number of benzene rings is 2. The van der Waals surface area contributed by atoms with Crippen molar-refractivity contribution < 1.29 is 14.3 Å². The molecule has 0 aliphatic heterocycles. The molecule has 0 aliphatic carbocycles. The van der Waals surface area contributed by atoms with E-state index in [1.54, 1.807) is 18.2 Å². The molecule has 0 amide bonds. The van der Waals surface area contributed by atoms with Crippen molar-refractivity contribution in [3.8, 4) is 6.07 Å². The normalized spacial score (nSPS) is 10.9. The average molecular weight is 362 g/mol. The van der Waals surface area contributed by atoms with Crippen LogP contribution in [0.5, 0.6) is 0 Å². The van der Waals surface area contributed by atoms with Crippen LogP contribution in [0.4, 0.5) is 5.69 Å². The molecule has 0 saturated carbocycles. The maximum Gasteiger partial charge on any atom is 0.349 e. The molecule has 0 fully saturated rings. The van der Waals surface area contributed by atoms with Crippen LogP contribution < -0.4 is 4.90 Å². The first-order chi connectivity index (χ1) is 12.8. The Balaban J connectivity index is 2.06. The first-order valence-electron chi connectivity index (χ1n) is 8.48. The highest BCUT2D eigenvalue weighted by atomic mass is 16.5. The number of esters is 1. The zero-order chi connectivity index (χ0) is 20.0. The van der Waals surface area contributed by atoms with Crippen molar-refractivity contribution in [2.24, 2.45) is 0 Å².